The van der Waals surface area contributed by atoms with Gasteiger partial charge in [-0.3, -0.25) is 0 Å². The minimum absolute atomic E-state index is 0.393. The van der Waals surface area contributed by atoms with Crippen molar-refractivity contribution in [1.29, 1.82) is 0 Å². The van der Waals surface area contributed by atoms with E-state index in [1.807, 2.05) is 19.9 Å². The van der Waals surface area contributed by atoms with E-state index in [1.54, 1.807) is 25.1 Å². The van der Waals surface area contributed by atoms with Crippen LogP contribution in [0.5, 0.6) is 5.75 Å². The molecule has 120 valence electrons. The molecule has 6 nitrogen and oxygen atoms in total. The van der Waals surface area contributed by atoms with E-state index in [0.29, 0.717) is 5.75 Å². The third-order valence-electron chi connectivity index (χ3n) is 2.99. The maximum absolute atomic E-state index is 11.6. The molecule has 0 saturated heterocycles. The maximum atomic E-state index is 11.6. The summed E-state index contributed by atoms with van der Waals surface area (Å²) >= 11 is 0. The molecule has 2 amide bonds. The van der Waals surface area contributed by atoms with Crippen LogP contribution in [0.4, 0.5) is 9.59 Å². The van der Waals surface area contributed by atoms with Crippen LogP contribution in [-0.4, -0.2) is 21.2 Å². The first-order valence-corrected chi connectivity index (χ1v) is 9.57. The Kier molecular flexibility index (Phi) is 8.06. The molecule has 0 radical (unpaired) electrons. The summed E-state index contributed by atoms with van der Waals surface area (Å²) in [5.74, 6) is 0.393. The topological polar surface area (TPSA) is 77.3 Å². The molecule has 0 fully saturated rings. The Balaban J connectivity index is 2.50. The fraction of sp³-hybridized carbons (Fsp3) is 0.467. The minimum atomic E-state index is -1.59. The molecular formula is C15H22N2O4Si. The Bertz CT molecular complexity index is 528. The molecule has 1 aromatic carbocycles. The number of ether oxygens (including phenoxy) is 1. The molecule has 0 aliphatic carbocycles. The van der Waals surface area contributed by atoms with Gasteiger partial charge in [-0.05, 0) is 30.6 Å². The number of hydrogen-bond donors (Lipinski definition) is 0. The fourth-order valence-corrected chi connectivity index (χ4v) is 4.08. The molecule has 0 aromatic heterocycles. The van der Waals surface area contributed by atoms with Crippen LogP contribution in [0.25, 0.3) is 0 Å². The van der Waals surface area contributed by atoms with Gasteiger partial charge in [0.1, 0.15) is 5.75 Å². The van der Waals surface area contributed by atoms with E-state index in [0.717, 1.165) is 30.5 Å². The van der Waals surface area contributed by atoms with E-state index in [-0.39, 0.29) is 0 Å². The number of amides is 2. The van der Waals surface area contributed by atoms with Crippen LogP contribution in [0, 0.1) is 6.92 Å². The third-order valence-corrected chi connectivity index (χ3v) is 5.97. The van der Waals surface area contributed by atoms with Gasteiger partial charge in [0.15, 0.2) is 0 Å². The molecule has 22 heavy (non-hydrogen) atoms. The Morgan fingerprint density at radius 3 is 2.23 bits per heavy atom. The molecule has 0 saturated carbocycles. The number of aryl methyl sites for hydroxylation is 1. The van der Waals surface area contributed by atoms with Crippen LogP contribution >= 0.6 is 0 Å². The molecule has 0 bridgehead atoms. The molecule has 0 atom stereocenters. The van der Waals surface area contributed by atoms with Crippen molar-refractivity contribution in [3.05, 3.63) is 29.8 Å². The van der Waals surface area contributed by atoms with Gasteiger partial charge in [-0.15, -0.1) is 0 Å². The highest BCUT2D eigenvalue weighted by Gasteiger charge is 2.15. The van der Waals surface area contributed by atoms with E-state index in [2.05, 4.69) is 10.2 Å². The highest BCUT2D eigenvalue weighted by Crippen LogP contribution is 2.16. The second-order valence-electron chi connectivity index (χ2n) is 4.92. The maximum Gasteiger partial charge on any atom is 0.458 e. The molecule has 0 aliphatic heterocycles. The first-order valence-electron chi connectivity index (χ1n) is 7.46. The van der Waals surface area contributed by atoms with Crippen LogP contribution in [0.2, 0.25) is 12.1 Å². The number of benzene rings is 1. The van der Waals surface area contributed by atoms with Crippen molar-refractivity contribution in [2.24, 2.45) is 10.2 Å². The predicted octanol–water partition coefficient (Wildman–Crippen LogP) is 4.63. The normalized spacial score (nSPS) is 10.9. The monoisotopic (exact) mass is 322 g/mol. The number of nitrogens with zero attached hydrogens (tertiary/aromatic N) is 2. The quantitative estimate of drug-likeness (QED) is 0.565. The van der Waals surface area contributed by atoms with E-state index in [4.69, 9.17) is 9.16 Å². The summed E-state index contributed by atoms with van der Waals surface area (Å²) in [5, 5.41) is 6.52. The second kappa shape index (κ2) is 9.83. The van der Waals surface area contributed by atoms with Crippen molar-refractivity contribution in [3.63, 3.8) is 0 Å². The van der Waals surface area contributed by atoms with E-state index in [1.165, 1.54) is 0 Å². The van der Waals surface area contributed by atoms with Gasteiger partial charge in [-0.1, -0.05) is 55.1 Å². The van der Waals surface area contributed by atoms with Gasteiger partial charge < -0.3 is 9.16 Å². The van der Waals surface area contributed by atoms with Crippen LogP contribution in [0.15, 0.2) is 34.5 Å². The van der Waals surface area contributed by atoms with Gasteiger partial charge in [0.25, 0.3) is 0 Å². The zero-order valence-electron chi connectivity index (χ0n) is 13.2. The number of rotatable bonds is 6. The van der Waals surface area contributed by atoms with Crippen molar-refractivity contribution >= 4 is 21.2 Å². The molecule has 0 unspecified atom stereocenters. The van der Waals surface area contributed by atoms with Gasteiger partial charge >= 0.3 is 12.2 Å². The van der Waals surface area contributed by atoms with Crippen LogP contribution in [0.1, 0.15) is 32.3 Å². The van der Waals surface area contributed by atoms with Crippen LogP contribution < -0.4 is 4.74 Å². The van der Waals surface area contributed by atoms with E-state index >= 15 is 0 Å². The SMILES string of the molecule is CCC[SiH](CCC)OC(=O)N=NC(=O)Oc1ccccc1C. The number of carbonyl (C=O) groups is 2. The molecule has 7 heteroatoms. The third kappa shape index (κ3) is 6.62. The first-order chi connectivity index (χ1) is 10.6. The lowest BCUT2D eigenvalue weighted by Gasteiger charge is -2.11. The molecule has 0 N–H and O–H groups in total. The predicted molar refractivity (Wildman–Crippen MR) is 85.9 cm³/mol. The van der Waals surface area contributed by atoms with Crippen molar-refractivity contribution in [1.82, 2.24) is 0 Å². The molecular weight excluding hydrogens is 300 g/mol. The van der Waals surface area contributed by atoms with Crippen LogP contribution in [0.3, 0.4) is 0 Å². The molecule has 0 aliphatic rings. The summed E-state index contributed by atoms with van der Waals surface area (Å²) in [6, 6.07) is 8.84. The lowest BCUT2D eigenvalue weighted by Crippen LogP contribution is -2.20. The summed E-state index contributed by atoms with van der Waals surface area (Å²) in [4.78, 5) is 23.1. The van der Waals surface area contributed by atoms with Crippen molar-refractivity contribution in [2.45, 2.75) is 45.7 Å². The molecule has 0 heterocycles. The highest BCUT2D eigenvalue weighted by atomic mass is 28.3. The lowest BCUT2D eigenvalue weighted by molar-refractivity contribution is 0.200. The fourth-order valence-electron chi connectivity index (χ4n) is 1.94. The van der Waals surface area contributed by atoms with Gasteiger partial charge in [-0.25, -0.2) is 9.59 Å². The minimum Gasteiger partial charge on any atom is -0.504 e. The van der Waals surface area contributed by atoms with Gasteiger partial charge in [0, 0.05) is 0 Å². The molecule has 0 spiro atoms. The van der Waals surface area contributed by atoms with Crippen molar-refractivity contribution in [3.8, 4) is 5.75 Å². The average Bonchev–Trinajstić information content (AvgIpc) is 2.48. The lowest BCUT2D eigenvalue weighted by atomic mass is 10.2. The molecule has 1 rings (SSSR count). The van der Waals surface area contributed by atoms with Crippen molar-refractivity contribution in [2.75, 3.05) is 0 Å². The Labute approximate surface area is 132 Å². The summed E-state index contributed by atoms with van der Waals surface area (Å²) in [6.07, 6.45) is 0.198. The zero-order chi connectivity index (χ0) is 16.4. The number of hydrogen-bond acceptors (Lipinski definition) is 4. The average molecular weight is 322 g/mol. The zero-order valence-corrected chi connectivity index (χ0v) is 14.4. The number of carbonyl (C=O) groups excluding carboxylic acids is 2. The molecule has 1 aromatic rings. The number of para-hydroxylation sites is 1. The van der Waals surface area contributed by atoms with Crippen LogP contribution in [-0.2, 0) is 4.43 Å². The second-order valence-corrected chi connectivity index (χ2v) is 7.55. The largest absolute Gasteiger partial charge is 0.504 e. The van der Waals surface area contributed by atoms with Crippen molar-refractivity contribution < 1.29 is 18.8 Å². The van der Waals surface area contributed by atoms with Gasteiger partial charge in [0.05, 0.1) is 0 Å². The Morgan fingerprint density at radius 1 is 1.05 bits per heavy atom. The highest BCUT2D eigenvalue weighted by molar-refractivity contribution is 6.53. The summed E-state index contributed by atoms with van der Waals surface area (Å²) in [5.41, 5.74) is 0.798. The van der Waals surface area contributed by atoms with E-state index < -0.39 is 21.2 Å². The van der Waals surface area contributed by atoms with E-state index in [9.17, 15) is 9.59 Å². The number of azo groups is 1. The summed E-state index contributed by atoms with van der Waals surface area (Å²) < 4.78 is 10.3. The first kappa shape index (κ1) is 18.0. The summed E-state index contributed by atoms with van der Waals surface area (Å²) in [6.45, 7) is 5.90. The van der Waals surface area contributed by atoms with Gasteiger partial charge in [0.2, 0.25) is 9.04 Å². The standard InChI is InChI=1S/C15H22N2O4Si/c1-4-10-22(11-5-2)21-15(19)17-16-14(18)20-13-9-7-6-8-12(13)3/h6-9,22H,4-5,10-11H2,1-3H3. The Hall–Kier alpha value is -2.02. The Morgan fingerprint density at radius 2 is 1.64 bits per heavy atom. The summed E-state index contributed by atoms with van der Waals surface area (Å²) in [7, 11) is -1.59. The smallest absolute Gasteiger partial charge is 0.458 e. The van der Waals surface area contributed by atoms with Gasteiger partial charge in [-0.2, -0.15) is 0 Å².